The van der Waals surface area contributed by atoms with Crippen molar-refractivity contribution in [3.8, 4) is 5.75 Å². The number of methoxy groups -OCH3 is 1. The lowest BCUT2D eigenvalue weighted by Gasteiger charge is -2.23. The average molecular weight is 318 g/mol. The van der Waals surface area contributed by atoms with E-state index >= 15 is 0 Å². The maximum absolute atomic E-state index is 12.8. The van der Waals surface area contributed by atoms with Gasteiger partial charge in [-0.15, -0.1) is 0 Å². The Morgan fingerprint density at radius 1 is 1.26 bits per heavy atom. The molecule has 2 aliphatic heterocycles. The summed E-state index contributed by atoms with van der Waals surface area (Å²) in [5.74, 6) is -0.345. The topological polar surface area (TPSA) is 84.9 Å². The Labute approximate surface area is 133 Å². The van der Waals surface area contributed by atoms with Gasteiger partial charge in [0.15, 0.2) is 0 Å². The molecule has 0 radical (unpaired) electrons. The molecule has 1 N–H and O–H groups in total. The van der Waals surface area contributed by atoms with E-state index in [1.54, 1.807) is 45.2 Å². The van der Waals surface area contributed by atoms with Crippen LogP contribution in [0.5, 0.6) is 5.75 Å². The average Bonchev–Trinajstić information content (AvgIpc) is 2.96. The monoisotopic (exact) mass is 318 g/mol. The SMILES string of the molecule is COc1ccc([C@]2(C)NC(=O)N([C@@H]3C[C@@H](C)OC3=O)C2=O)cc1. The predicted octanol–water partition coefficient (Wildman–Crippen LogP) is 1.17. The number of urea groups is 1. The summed E-state index contributed by atoms with van der Waals surface area (Å²) in [6.07, 6.45) is 0.0115. The van der Waals surface area contributed by atoms with Gasteiger partial charge < -0.3 is 14.8 Å². The molecular formula is C16H18N2O5. The molecule has 0 aliphatic carbocycles. The number of nitrogens with zero attached hydrogens (tertiary/aromatic N) is 1. The van der Waals surface area contributed by atoms with Crippen molar-refractivity contribution in [2.75, 3.05) is 7.11 Å². The highest BCUT2D eigenvalue weighted by Crippen LogP contribution is 2.33. The zero-order valence-electron chi connectivity index (χ0n) is 13.2. The third kappa shape index (κ3) is 2.32. The normalized spacial score (nSPS) is 30.4. The molecule has 2 fully saturated rings. The quantitative estimate of drug-likeness (QED) is 0.668. The molecule has 0 unspecified atom stereocenters. The van der Waals surface area contributed by atoms with E-state index in [-0.39, 0.29) is 6.10 Å². The van der Waals surface area contributed by atoms with E-state index in [1.807, 2.05) is 0 Å². The van der Waals surface area contributed by atoms with E-state index in [9.17, 15) is 14.4 Å². The van der Waals surface area contributed by atoms with Crippen LogP contribution >= 0.6 is 0 Å². The van der Waals surface area contributed by atoms with E-state index in [0.717, 1.165) is 4.90 Å². The van der Waals surface area contributed by atoms with Crippen LogP contribution in [0.25, 0.3) is 0 Å². The van der Waals surface area contributed by atoms with Crippen molar-refractivity contribution in [1.29, 1.82) is 0 Å². The Morgan fingerprint density at radius 3 is 2.43 bits per heavy atom. The number of amides is 3. The molecule has 3 rings (SSSR count). The molecule has 1 aromatic carbocycles. The summed E-state index contributed by atoms with van der Waals surface area (Å²) in [4.78, 5) is 38.0. The smallest absolute Gasteiger partial charge is 0.329 e. The van der Waals surface area contributed by atoms with Crippen LogP contribution in [0.3, 0.4) is 0 Å². The first-order valence-corrected chi connectivity index (χ1v) is 7.37. The third-order valence-electron chi connectivity index (χ3n) is 4.35. The standard InChI is InChI=1S/C16H18N2O5/c1-9-8-12(13(19)23-9)18-14(20)16(2,17-15(18)21)10-4-6-11(22-3)7-5-10/h4-7,9,12H,8H2,1-3H3,(H,17,21)/t9-,12-,16+/m1/s1. The minimum atomic E-state index is -1.21. The van der Waals surface area contributed by atoms with Crippen molar-refractivity contribution in [2.45, 2.75) is 38.0 Å². The number of carbonyl (C=O) groups is 3. The molecule has 0 spiro atoms. The zero-order chi connectivity index (χ0) is 16.8. The Hall–Kier alpha value is -2.57. The summed E-state index contributed by atoms with van der Waals surface area (Å²) in [7, 11) is 1.55. The van der Waals surface area contributed by atoms with Crippen molar-refractivity contribution >= 4 is 17.9 Å². The first-order chi connectivity index (χ1) is 10.9. The van der Waals surface area contributed by atoms with Gasteiger partial charge in [-0.3, -0.25) is 4.79 Å². The van der Waals surface area contributed by atoms with Crippen molar-refractivity contribution in [2.24, 2.45) is 0 Å². The van der Waals surface area contributed by atoms with Gasteiger partial charge in [-0.2, -0.15) is 0 Å². The number of cyclic esters (lactones) is 1. The number of imide groups is 1. The Balaban J connectivity index is 1.91. The molecule has 0 aromatic heterocycles. The summed E-state index contributed by atoms with van der Waals surface area (Å²) in [5.41, 5.74) is -0.589. The van der Waals surface area contributed by atoms with Gasteiger partial charge >= 0.3 is 12.0 Å². The van der Waals surface area contributed by atoms with Crippen LogP contribution in [0, 0.1) is 0 Å². The van der Waals surface area contributed by atoms with Gasteiger partial charge in [-0.05, 0) is 31.5 Å². The maximum Gasteiger partial charge on any atom is 0.329 e. The van der Waals surface area contributed by atoms with Crippen LogP contribution in [0.2, 0.25) is 0 Å². The summed E-state index contributed by atoms with van der Waals surface area (Å²) in [6, 6.07) is 5.43. The molecular weight excluding hydrogens is 300 g/mol. The summed E-state index contributed by atoms with van der Waals surface area (Å²) in [5, 5.41) is 2.69. The fourth-order valence-electron chi connectivity index (χ4n) is 3.01. The Morgan fingerprint density at radius 2 is 1.91 bits per heavy atom. The summed E-state index contributed by atoms with van der Waals surface area (Å²) >= 11 is 0. The zero-order valence-corrected chi connectivity index (χ0v) is 13.2. The number of carbonyl (C=O) groups excluding carboxylic acids is 3. The van der Waals surface area contributed by atoms with Crippen LogP contribution < -0.4 is 10.1 Å². The number of nitrogens with one attached hydrogen (secondary N) is 1. The summed E-state index contributed by atoms with van der Waals surface area (Å²) in [6.45, 7) is 3.36. The number of hydrogen-bond donors (Lipinski definition) is 1. The van der Waals surface area contributed by atoms with Gasteiger partial charge in [0, 0.05) is 6.42 Å². The third-order valence-corrected chi connectivity index (χ3v) is 4.35. The largest absolute Gasteiger partial charge is 0.497 e. The molecule has 0 bridgehead atoms. The first-order valence-electron chi connectivity index (χ1n) is 7.37. The molecule has 0 saturated carbocycles. The van der Waals surface area contributed by atoms with E-state index in [1.165, 1.54) is 0 Å². The second-order valence-electron chi connectivity index (χ2n) is 5.96. The van der Waals surface area contributed by atoms with E-state index < -0.39 is 29.5 Å². The van der Waals surface area contributed by atoms with Gasteiger partial charge in [-0.25, -0.2) is 14.5 Å². The molecule has 7 heteroatoms. The lowest BCUT2D eigenvalue weighted by atomic mass is 9.91. The van der Waals surface area contributed by atoms with E-state index in [2.05, 4.69) is 5.32 Å². The van der Waals surface area contributed by atoms with Crippen molar-refractivity contribution in [3.63, 3.8) is 0 Å². The van der Waals surface area contributed by atoms with Crippen molar-refractivity contribution < 1.29 is 23.9 Å². The summed E-state index contributed by atoms with van der Waals surface area (Å²) < 4.78 is 10.2. The van der Waals surface area contributed by atoms with Gasteiger partial charge in [0.1, 0.15) is 23.4 Å². The van der Waals surface area contributed by atoms with Crippen LogP contribution in [-0.2, 0) is 19.9 Å². The maximum atomic E-state index is 12.8. The fraction of sp³-hybridized carbons (Fsp3) is 0.438. The number of benzene rings is 1. The number of ether oxygens (including phenoxy) is 2. The van der Waals surface area contributed by atoms with Crippen LogP contribution in [-0.4, -0.2) is 42.1 Å². The molecule has 1 aromatic rings. The number of esters is 1. The fourth-order valence-corrected chi connectivity index (χ4v) is 3.01. The second kappa shape index (κ2) is 5.26. The Kier molecular flexibility index (Phi) is 3.50. The molecule has 122 valence electrons. The van der Waals surface area contributed by atoms with Crippen LogP contribution in [0.4, 0.5) is 4.79 Å². The molecule has 3 atom stereocenters. The highest BCUT2D eigenvalue weighted by molar-refractivity contribution is 6.09. The van der Waals surface area contributed by atoms with Crippen LogP contribution in [0.15, 0.2) is 24.3 Å². The minimum absolute atomic E-state index is 0.305. The van der Waals surface area contributed by atoms with Crippen LogP contribution in [0.1, 0.15) is 25.8 Å². The highest BCUT2D eigenvalue weighted by Gasteiger charge is 2.54. The Bertz CT molecular complexity index is 672. The van der Waals surface area contributed by atoms with E-state index in [0.29, 0.717) is 17.7 Å². The van der Waals surface area contributed by atoms with Crippen molar-refractivity contribution in [3.05, 3.63) is 29.8 Å². The lowest BCUT2D eigenvalue weighted by molar-refractivity contribution is -0.147. The van der Waals surface area contributed by atoms with Gasteiger partial charge in [0.25, 0.3) is 5.91 Å². The molecule has 23 heavy (non-hydrogen) atoms. The molecule has 2 saturated heterocycles. The predicted molar refractivity (Wildman–Crippen MR) is 79.7 cm³/mol. The highest BCUT2D eigenvalue weighted by atomic mass is 16.6. The number of rotatable bonds is 3. The second-order valence-corrected chi connectivity index (χ2v) is 5.96. The van der Waals surface area contributed by atoms with Gasteiger partial charge in [-0.1, -0.05) is 12.1 Å². The molecule has 2 aliphatic rings. The number of hydrogen-bond acceptors (Lipinski definition) is 5. The first kappa shape index (κ1) is 15.3. The van der Waals surface area contributed by atoms with E-state index in [4.69, 9.17) is 9.47 Å². The van der Waals surface area contributed by atoms with Gasteiger partial charge in [0.05, 0.1) is 7.11 Å². The molecule has 3 amide bonds. The lowest BCUT2D eigenvalue weighted by Crippen LogP contribution is -2.45. The van der Waals surface area contributed by atoms with Gasteiger partial charge in [0.2, 0.25) is 0 Å². The van der Waals surface area contributed by atoms with Crippen molar-refractivity contribution in [1.82, 2.24) is 10.2 Å². The minimum Gasteiger partial charge on any atom is -0.497 e. The molecule has 7 nitrogen and oxygen atoms in total. The molecule has 2 heterocycles.